The van der Waals surface area contributed by atoms with Gasteiger partial charge in [-0.3, -0.25) is 18.3 Å². The van der Waals surface area contributed by atoms with E-state index in [-0.39, 0.29) is 27.8 Å². The smallest absolute Gasteiger partial charge is 0.303 e. The molecule has 4 heterocycles. The van der Waals surface area contributed by atoms with Crippen molar-refractivity contribution < 1.29 is 31.7 Å². The molecule has 3 atom stereocenters. The molecule has 2 saturated heterocycles. The molecule has 1 N–H and O–H groups in total. The van der Waals surface area contributed by atoms with Crippen molar-refractivity contribution in [3.8, 4) is 0 Å². The van der Waals surface area contributed by atoms with E-state index >= 15 is 0 Å². The molecule has 1 spiro atoms. The number of ether oxygens (including phenoxy) is 2. The van der Waals surface area contributed by atoms with Crippen LogP contribution in [0.4, 0.5) is 5.82 Å². The topological polar surface area (TPSA) is 152 Å². The number of aromatic nitrogens is 4. The first-order chi connectivity index (χ1) is 19.7. The number of nitrogens with one attached hydrogen (secondary N) is 1. The number of imidazole rings is 1. The molecular formula is C27H25N5O7S2. The molecule has 14 heteroatoms. The van der Waals surface area contributed by atoms with Crippen molar-refractivity contribution in [3.05, 3.63) is 78.4 Å². The van der Waals surface area contributed by atoms with Gasteiger partial charge < -0.3 is 14.8 Å². The Morgan fingerprint density at radius 2 is 1.80 bits per heavy atom. The average Bonchev–Trinajstić information content (AvgIpc) is 3.49. The first-order valence-corrected chi connectivity index (χ1v) is 15.2. The summed E-state index contributed by atoms with van der Waals surface area (Å²) in [5, 5.41) is 2.75. The zero-order valence-corrected chi connectivity index (χ0v) is 23.6. The number of hydrogen-bond donors (Lipinski definition) is 1. The van der Waals surface area contributed by atoms with Gasteiger partial charge in [0, 0.05) is 24.0 Å². The lowest BCUT2D eigenvalue weighted by Crippen LogP contribution is -2.55. The molecule has 0 bridgehead atoms. The lowest BCUT2D eigenvalue weighted by Gasteiger charge is -2.40. The number of fused-ring (bicyclic) bond motifs is 1. The number of anilines is 1. The molecule has 212 valence electrons. The quantitative estimate of drug-likeness (QED) is 0.248. The number of rotatable bonds is 7. The van der Waals surface area contributed by atoms with Crippen LogP contribution in [0.5, 0.6) is 0 Å². The summed E-state index contributed by atoms with van der Waals surface area (Å²) >= 11 is 1.55. The van der Waals surface area contributed by atoms with Crippen LogP contribution in [0.15, 0.2) is 72.1 Å². The highest BCUT2D eigenvalue weighted by Crippen LogP contribution is 2.50. The molecule has 6 rings (SSSR count). The molecule has 0 saturated carbocycles. The van der Waals surface area contributed by atoms with E-state index in [9.17, 15) is 18.0 Å². The van der Waals surface area contributed by atoms with Gasteiger partial charge in [0.1, 0.15) is 18.0 Å². The molecule has 2 aliphatic rings. The van der Waals surface area contributed by atoms with E-state index in [0.717, 1.165) is 5.56 Å². The van der Waals surface area contributed by atoms with Crippen LogP contribution in [0.3, 0.4) is 0 Å². The van der Waals surface area contributed by atoms with Gasteiger partial charge in [0.2, 0.25) is 0 Å². The number of nitrogens with zero attached hydrogens (tertiary/aromatic N) is 4. The summed E-state index contributed by atoms with van der Waals surface area (Å²) in [4.78, 5) is 37.9. The van der Waals surface area contributed by atoms with E-state index in [0.29, 0.717) is 17.1 Å². The van der Waals surface area contributed by atoms with E-state index in [1.807, 2.05) is 6.92 Å². The van der Waals surface area contributed by atoms with Crippen LogP contribution in [0.2, 0.25) is 0 Å². The third-order valence-corrected chi connectivity index (χ3v) is 9.58. The third kappa shape index (κ3) is 5.07. The molecule has 4 aromatic rings. The summed E-state index contributed by atoms with van der Waals surface area (Å²) in [6, 6.07) is 14.9. The van der Waals surface area contributed by atoms with Crippen LogP contribution < -0.4 is 5.32 Å². The van der Waals surface area contributed by atoms with E-state index in [2.05, 4.69) is 20.3 Å². The van der Waals surface area contributed by atoms with E-state index in [1.165, 1.54) is 36.3 Å². The maximum absolute atomic E-state index is 13.3. The summed E-state index contributed by atoms with van der Waals surface area (Å²) in [5.74, 6) is 0.0115. The van der Waals surface area contributed by atoms with E-state index < -0.39 is 40.1 Å². The Balaban J connectivity index is 1.36. The molecule has 12 nitrogen and oxygen atoms in total. The summed E-state index contributed by atoms with van der Waals surface area (Å²) in [7, 11) is -4.24. The Bertz CT molecular complexity index is 1720. The number of carbonyl (C=O) groups excluding carboxylic acids is 2. The van der Waals surface area contributed by atoms with Crippen molar-refractivity contribution in [1.29, 1.82) is 0 Å². The molecule has 41 heavy (non-hydrogen) atoms. The van der Waals surface area contributed by atoms with Crippen molar-refractivity contribution in [1.82, 2.24) is 19.5 Å². The number of benzene rings is 2. The third-order valence-electron chi connectivity index (χ3n) is 6.89. The van der Waals surface area contributed by atoms with Gasteiger partial charge >= 0.3 is 5.97 Å². The van der Waals surface area contributed by atoms with Gasteiger partial charge in [-0.1, -0.05) is 35.9 Å². The highest BCUT2D eigenvalue weighted by atomic mass is 32.2. The number of hydrogen-bond acceptors (Lipinski definition) is 11. The van der Waals surface area contributed by atoms with Gasteiger partial charge in [0.15, 0.2) is 29.3 Å². The van der Waals surface area contributed by atoms with Crippen LogP contribution in [0.25, 0.3) is 11.2 Å². The van der Waals surface area contributed by atoms with Gasteiger partial charge in [0.05, 0.1) is 11.2 Å². The second-order valence-electron chi connectivity index (χ2n) is 9.79. The Morgan fingerprint density at radius 1 is 1.07 bits per heavy atom. The number of esters is 1. The second-order valence-corrected chi connectivity index (χ2v) is 12.3. The minimum atomic E-state index is -4.24. The molecule has 2 aliphatic heterocycles. The van der Waals surface area contributed by atoms with Crippen LogP contribution >= 0.6 is 11.8 Å². The first kappa shape index (κ1) is 27.3. The van der Waals surface area contributed by atoms with Crippen LogP contribution in [-0.4, -0.2) is 69.1 Å². The van der Waals surface area contributed by atoms with Gasteiger partial charge in [-0.15, -0.1) is 0 Å². The number of amides is 1. The summed E-state index contributed by atoms with van der Waals surface area (Å²) in [6.45, 7) is 3.08. The van der Waals surface area contributed by atoms with Crippen molar-refractivity contribution >= 4 is 50.7 Å². The maximum Gasteiger partial charge on any atom is 0.303 e. The molecule has 2 aromatic carbocycles. The average molecular weight is 596 g/mol. The zero-order chi connectivity index (χ0) is 28.8. The van der Waals surface area contributed by atoms with Crippen molar-refractivity contribution in [3.63, 3.8) is 0 Å². The number of aryl methyl sites for hydroxylation is 1. The maximum atomic E-state index is 13.3. The van der Waals surface area contributed by atoms with Gasteiger partial charge in [-0.25, -0.2) is 15.0 Å². The van der Waals surface area contributed by atoms with Crippen LogP contribution in [0.1, 0.15) is 29.1 Å². The fraction of sp³-hybridized carbons (Fsp3) is 0.296. The van der Waals surface area contributed by atoms with Crippen molar-refractivity contribution in [2.45, 2.75) is 42.8 Å². The fourth-order valence-corrected chi connectivity index (χ4v) is 7.03. The van der Waals surface area contributed by atoms with Gasteiger partial charge in [0.25, 0.3) is 16.0 Å². The van der Waals surface area contributed by atoms with Crippen molar-refractivity contribution in [2.75, 3.05) is 16.8 Å². The molecule has 2 fully saturated rings. The highest BCUT2D eigenvalue weighted by Gasteiger charge is 2.63. The van der Waals surface area contributed by atoms with Crippen LogP contribution in [0, 0.1) is 6.92 Å². The standard InChI is InChI=1S/C27H25N5O7S2/c1-16-8-10-19(11-9-16)41(35,36)39-22-21(37-17(2)33)26(38-27(22)12-40-13-27)32-15-30-20-23(28-14-29-24(20)32)31-25(34)18-6-4-3-5-7-18/h3-11,14-15,21-22,26H,12-13H2,1-2H3,(H,28,29,31,34)/t21-,22-,26-/m1/s1. The van der Waals surface area contributed by atoms with E-state index in [4.69, 9.17) is 13.7 Å². The lowest BCUT2D eigenvalue weighted by atomic mass is 9.98. The van der Waals surface area contributed by atoms with Gasteiger partial charge in [-0.05, 0) is 31.2 Å². The number of thioether (sulfide) groups is 1. The molecule has 2 aromatic heterocycles. The number of carbonyl (C=O) groups is 2. The van der Waals surface area contributed by atoms with E-state index in [1.54, 1.807) is 54.2 Å². The molecule has 1 amide bonds. The molecule has 0 aliphatic carbocycles. The van der Waals surface area contributed by atoms with Crippen molar-refractivity contribution in [2.24, 2.45) is 0 Å². The SMILES string of the molecule is CC(=O)O[C@H]1[C@H](n2cnc3c(NC(=O)c4ccccc4)ncnc32)OC2(CSC2)[C@@H]1OS(=O)(=O)c1ccc(C)cc1. The fourth-order valence-electron chi connectivity index (χ4n) is 4.82. The lowest BCUT2D eigenvalue weighted by molar-refractivity contribution is -0.155. The Hall–Kier alpha value is -3.85. The minimum absolute atomic E-state index is 0.0186. The Labute approximate surface area is 239 Å². The molecule has 0 unspecified atom stereocenters. The predicted octanol–water partition coefficient (Wildman–Crippen LogP) is 3.11. The normalized spacial score (nSPS) is 21.5. The largest absolute Gasteiger partial charge is 0.455 e. The summed E-state index contributed by atoms with van der Waals surface area (Å²) < 4.78 is 46.1. The van der Waals surface area contributed by atoms with Crippen LogP contribution in [-0.2, 0) is 28.6 Å². The monoisotopic (exact) mass is 595 g/mol. The first-order valence-electron chi connectivity index (χ1n) is 12.6. The minimum Gasteiger partial charge on any atom is -0.455 e. The zero-order valence-electron chi connectivity index (χ0n) is 22.0. The molecule has 0 radical (unpaired) electrons. The van der Waals surface area contributed by atoms with Gasteiger partial charge in [-0.2, -0.15) is 20.2 Å². The Morgan fingerprint density at radius 3 is 2.46 bits per heavy atom. The summed E-state index contributed by atoms with van der Waals surface area (Å²) in [6.07, 6.45) is -0.615. The molecular weight excluding hydrogens is 570 g/mol. The highest BCUT2D eigenvalue weighted by molar-refractivity contribution is 8.00. The second kappa shape index (κ2) is 10.5. The predicted molar refractivity (Wildman–Crippen MR) is 149 cm³/mol. The Kier molecular flexibility index (Phi) is 7.01. The summed E-state index contributed by atoms with van der Waals surface area (Å²) in [5.41, 5.74) is 0.852.